The quantitative estimate of drug-likeness (QED) is 0.389. The van der Waals surface area contributed by atoms with Crippen LogP contribution >= 0.6 is 0 Å². The third-order valence-electron chi connectivity index (χ3n) is 3.10. The van der Waals surface area contributed by atoms with Gasteiger partial charge in [-0.2, -0.15) is 4.91 Å². The zero-order valence-electron chi connectivity index (χ0n) is 8.05. The summed E-state index contributed by atoms with van der Waals surface area (Å²) >= 11 is 0. The molecule has 0 N–H and O–H groups in total. The summed E-state index contributed by atoms with van der Waals surface area (Å²) in [5, 5.41) is 3.05. The predicted molar refractivity (Wildman–Crippen MR) is 50.4 cm³/mol. The number of hydrogen-bond acceptors (Lipinski definition) is 4. The van der Waals surface area contributed by atoms with Gasteiger partial charge in [0.2, 0.25) is 0 Å². The molecular weight excluding hydrogens is 182 g/mol. The Kier molecular flexibility index (Phi) is 2.35. The molecule has 0 radical (unpaired) electrons. The number of esters is 1. The lowest BCUT2D eigenvalue weighted by molar-refractivity contribution is -0.149. The molecule has 1 fully saturated rings. The zero-order valence-corrected chi connectivity index (χ0v) is 8.05. The Balaban J connectivity index is 2.14. The molecule has 4 unspecified atom stereocenters. The average molecular weight is 195 g/mol. The summed E-state index contributed by atoms with van der Waals surface area (Å²) in [6.45, 7) is 2.13. The number of allylic oxidation sites excluding steroid dienone is 1. The lowest BCUT2D eigenvalue weighted by Gasteiger charge is -2.20. The molecule has 2 aliphatic rings. The second-order valence-corrected chi connectivity index (χ2v) is 3.82. The summed E-state index contributed by atoms with van der Waals surface area (Å²) in [7, 11) is 0. The van der Waals surface area contributed by atoms with Gasteiger partial charge in [0.1, 0.15) is 6.04 Å². The maximum absolute atomic E-state index is 11.5. The fraction of sp³-hybridized carbons (Fsp3) is 0.700. The lowest BCUT2D eigenvalue weighted by Crippen LogP contribution is -2.31. The molecule has 2 bridgehead atoms. The van der Waals surface area contributed by atoms with Gasteiger partial charge in [-0.1, -0.05) is 17.3 Å². The Morgan fingerprint density at radius 1 is 1.50 bits per heavy atom. The molecule has 0 aromatic rings. The highest BCUT2D eigenvalue weighted by molar-refractivity contribution is 5.75. The van der Waals surface area contributed by atoms with E-state index in [0.29, 0.717) is 6.61 Å². The maximum atomic E-state index is 11.5. The predicted octanol–water partition coefficient (Wildman–Crippen LogP) is 1.51. The van der Waals surface area contributed by atoms with Gasteiger partial charge in [0, 0.05) is 5.92 Å². The fourth-order valence-electron chi connectivity index (χ4n) is 2.49. The van der Waals surface area contributed by atoms with Crippen LogP contribution in [0.4, 0.5) is 0 Å². The van der Waals surface area contributed by atoms with Crippen LogP contribution in [0.2, 0.25) is 0 Å². The van der Waals surface area contributed by atoms with Crippen molar-refractivity contribution in [1.82, 2.24) is 0 Å². The molecule has 0 saturated heterocycles. The molecule has 4 nitrogen and oxygen atoms in total. The van der Waals surface area contributed by atoms with E-state index < -0.39 is 6.04 Å². The van der Waals surface area contributed by atoms with Crippen molar-refractivity contribution in [3.63, 3.8) is 0 Å². The molecule has 76 valence electrons. The van der Waals surface area contributed by atoms with E-state index in [1.165, 1.54) is 0 Å². The Labute approximate surface area is 82.3 Å². The van der Waals surface area contributed by atoms with Gasteiger partial charge in [-0.05, 0) is 19.3 Å². The molecule has 0 aliphatic heterocycles. The summed E-state index contributed by atoms with van der Waals surface area (Å²) in [5.74, 6) is -0.273. The van der Waals surface area contributed by atoms with Gasteiger partial charge in [-0.15, -0.1) is 0 Å². The van der Waals surface area contributed by atoms with Crippen molar-refractivity contribution in [1.29, 1.82) is 0 Å². The summed E-state index contributed by atoms with van der Waals surface area (Å²) in [6.07, 6.45) is 4.88. The molecular formula is C10H13NO3. The number of nitroso groups, excluding NO2 is 1. The zero-order chi connectivity index (χ0) is 10.1. The Morgan fingerprint density at radius 2 is 2.21 bits per heavy atom. The van der Waals surface area contributed by atoms with Gasteiger partial charge in [0.05, 0.1) is 12.5 Å². The van der Waals surface area contributed by atoms with Crippen molar-refractivity contribution < 1.29 is 9.53 Å². The van der Waals surface area contributed by atoms with Crippen molar-refractivity contribution in [2.45, 2.75) is 19.4 Å². The Hall–Kier alpha value is -1.19. The van der Waals surface area contributed by atoms with Crippen LogP contribution in [0, 0.1) is 22.7 Å². The topological polar surface area (TPSA) is 55.7 Å². The number of ether oxygens (including phenoxy) is 1. The summed E-state index contributed by atoms with van der Waals surface area (Å²) < 4.78 is 4.94. The first-order valence-corrected chi connectivity index (χ1v) is 4.95. The molecule has 14 heavy (non-hydrogen) atoms. The third-order valence-corrected chi connectivity index (χ3v) is 3.10. The van der Waals surface area contributed by atoms with Gasteiger partial charge in [-0.25, -0.2) is 0 Å². The molecule has 2 rings (SSSR count). The van der Waals surface area contributed by atoms with E-state index in [-0.39, 0.29) is 23.7 Å². The average Bonchev–Trinajstić information content (AvgIpc) is 2.76. The fourth-order valence-corrected chi connectivity index (χ4v) is 2.49. The highest BCUT2D eigenvalue weighted by atomic mass is 16.5. The molecule has 0 aromatic carbocycles. The van der Waals surface area contributed by atoms with Crippen LogP contribution in [0.5, 0.6) is 0 Å². The van der Waals surface area contributed by atoms with E-state index in [0.717, 1.165) is 6.42 Å². The first-order chi connectivity index (χ1) is 6.77. The van der Waals surface area contributed by atoms with Crippen LogP contribution in [0.25, 0.3) is 0 Å². The minimum atomic E-state index is -0.399. The van der Waals surface area contributed by atoms with Gasteiger partial charge in [0.15, 0.2) is 0 Å². The van der Waals surface area contributed by atoms with E-state index in [4.69, 9.17) is 4.74 Å². The molecule has 0 spiro atoms. The van der Waals surface area contributed by atoms with Crippen molar-refractivity contribution >= 4 is 5.97 Å². The molecule has 4 atom stereocenters. The Morgan fingerprint density at radius 3 is 2.86 bits per heavy atom. The smallest absolute Gasteiger partial charge is 0.311 e. The molecule has 2 aliphatic carbocycles. The van der Waals surface area contributed by atoms with E-state index in [2.05, 4.69) is 5.18 Å². The highest BCUT2D eigenvalue weighted by Crippen LogP contribution is 2.45. The number of nitrogens with zero attached hydrogens (tertiary/aromatic N) is 1. The van der Waals surface area contributed by atoms with E-state index in [1.54, 1.807) is 6.92 Å². The van der Waals surface area contributed by atoms with Crippen LogP contribution in [0.3, 0.4) is 0 Å². The summed E-state index contributed by atoms with van der Waals surface area (Å²) in [5.41, 5.74) is 0. The van der Waals surface area contributed by atoms with E-state index in [1.807, 2.05) is 12.2 Å². The Bertz CT molecular complexity index is 287. The minimum Gasteiger partial charge on any atom is -0.466 e. The number of carbonyl (C=O) groups is 1. The maximum Gasteiger partial charge on any atom is 0.311 e. The molecule has 0 heterocycles. The number of fused-ring (bicyclic) bond motifs is 2. The van der Waals surface area contributed by atoms with Crippen molar-refractivity contribution in [2.24, 2.45) is 22.9 Å². The SMILES string of the molecule is CCOC(=O)C1C2C=CC(C2)C1N=O. The van der Waals surface area contributed by atoms with E-state index >= 15 is 0 Å². The van der Waals surface area contributed by atoms with Crippen molar-refractivity contribution in [3.8, 4) is 0 Å². The standard InChI is InChI=1S/C10H13NO3/c1-2-14-10(12)8-6-3-4-7(5-6)9(8)11-13/h3-4,6-9H,2,5H2,1H3. The van der Waals surface area contributed by atoms with Crippen LogP contribution < -0.4 is 0 Å². The van der Waals surface area contributed by atoms with Gasteiger partial charge in [0.25, 0.3) is 0 Å². The van der Waals surface area contributed by atoms with Crippen LogP contribution in [-0.4, -0.2) is 18.6 Å². The molecule has 0 amide bonds. The van der Waals surface area contributed by atoms with Crippen LogP contribution in [0.1, 0.15) is 13.3 Å². The van der Waals surface area contributed by atoms with Crippen LogP contribution in [0.15, 0.2) is 17.3 Å². The number of carbonyl (C=O) groups excluding carboxylic acids is 1. The third kappa shape index (κ3) is 1.25. The van der Waals surface area contributed by atoms with Crippen molar-refractivity contribution in [3.05, 3.63) is 17.1 Å². The second kappa shape index (κ2) is 3.52. The lowest BCUT2D eigenvalue weighted by atomic mass is 9.89. The van der Waals surface area contributed by atoms with Gasteiger partial charge < -0.3 is 4.74 Å². The largest absolute Gasteiger partial charge is 0.466 e. The van der Waals surface area contributed by atoms with Gasteiger partial charge in [-0.3, -0.25) is 4.79 Å². The minimum absolute atomic E-state index is 0.159. The first-order valence-electron chi connectivity index (χ1n) is 4.95. The van der Waals surface area contributed by atoms with Crippen LogP contribution in [-0.2, 0) is 9.53 Å². The second-order valence-electron chi connectivity index (χ2n) is 3.82. The summed E-state index contributed by atoms with van der Waals surface area (Å²) in [6, 6.07) is -0.399. The molecule has 4 heteroatoms. The normalized spacial score (nSPS) is 38.6. The number of rotatable bonds is 3. The monoisotopic (exact) mass is 195 g/mol. The van der Waals surface area contributed by atoms with Gasteiger partial charge >= 0.3 is 5.97 Å². The highest BCUT2D eigenvalue weighted by Gasteiger charge is 2.50. The van der Waals surface area contributed by atoms with E-state index in [9.17, 15) is 9.70 Å². The number of hydrogen-bond donors (Lipinski definition) is 0. The first kappa shape index (κ1) is 9.37. The van der Waals surface area contributed by atoms with Crippen molar-refractivity contribution in [2.75, 3.05) is 6.61 Å². The summed E-state index contributed by atoms with van der Waals surface area (Å²) in [4.78, 5) is 22.2. The molecule has 1 saturated carbocycles. The molecule has 0 aromatic heterocycles.